The Bertz CT molecular complexity index is 348. The van der Waals surface area contributed by atoms with E-state index in [1.165, 1.54) is 19.1 Å². The highest BCUT2D eigenvalue weighted by atomic mass is 16.5. The molecule has 3 nitrogen and oxygen atoms in total. The lowest BCUT2D eigenvalue weighted by Gasteiger charge is -2.50. The second kappa shape index (κ2) is 5.42. The van der Waals surface area contributed by atoms with Gasteiger partial charge >= 0.3 is 0 Å². The summed E-state index contributed by atoms with van der Waals surface area (Å²) in [6.07, 6.45) is 5.82. The average molecular weight is 281 g/mol. The van der Waals surface area contributed by atoms with E-state index in [1.54, 1.807) is 0 Å². The van der Waals surface area contributed by atoms with Gasteiger partial charge in [-0.15, -0.1) is 0 Å². The van der Waals surface area contributed by atoms with E-state index >= 15 is 0 Å². The molecule has 2 atom stereocenters. The molecule has 2 fully saturated rings. The molecule has 0 aromatic carbocycles. The van der Waals surface area contributed by atoms with E-state index in [2.05, 4.69) is 39.5 Å². The van der Waals surface area contributed by atoms with Crippen molar-refractivity contribution in [3.63, 3.8) is 0 Å². The molecular formula is C17H31NO2. The first-order chi connectivity index (χ1) is 9.15. The summed E-state index contributed by atoms with van der Waals surface area (Å²) < 4.78 is 6.14. The van der Waals surface area contributed by atoms with Gasteiger partial charge in [0.05, 0.1) is 11.2 Å². The van der Waals surface area contributed by atoms with Gasteiger partial charge in [-0.1, -0.05) is 19.8 Å². The minimum absolute atomic E-state index is 0.124. The summed E-state index contributed by atoms with van der Waals surface area (Å²) in [7, 11) is 0. The molecule has 1 aliphatic carbocycles. The van der Waals surface area contributed by atoms with Crippen LogP contribution in [-0.4, -0.2) is 42.0 Å². The van der Waals surface area contributed by atoms with Crippen LogP contribution in [0.2, 0.25) is 0 Å². The maximum Gasteiger partial charge on any atom is 0.127 e. The fourth-order valence-electron chi connectivity index (χ4n) is 4.49. The van der Waals surface area contributed by atoms with Crippen LogP contribution in [0.5, 0.6) is 0 Å². The van der Waals surface area contributed by atoms with Crippen molar-refractivity contribution in [3.8, 4) is 0 Å². The molecule has 0 spiro atoms. The Balaban J connectivity index is 2.09. The Morgan fingerprint density at radius 3 is 2.30 bits per heavy atom. The molecule has 0 radical (unpaired) electrons. The first kappa shape index (κ1) is 16.0. The van der Waals surface area contributed by atoms with Crippen LogP contribution in [0.15, 0.2) is 0 Å². The topological polar surface area (TPSA) is 29.5 Å². The lowest BCUT2D eigenvalue weighted by molar-refractivity contribution is -0.186. The third-order valence-corrected chi connectivity index (χ3v) is 4.68. The van der Waals surface area contributed by atoms with Crippen molar-refractivity contribution in [1.82, 2.24) is 4.90 Å². The van der Waals surface area contributed by atoms with Crippen LogP contribution in [0.4, 0.5) is 0 Å². The van der Waals surface area contributed by atoms with Gasteiger partial charge < -0.3 is 9.53 Å². The van der Waals surface area contributed by atoms with Crippen LogP contribution in [0, 0.1) is 11.3 Å². The Morgan fingerprint density at radius 1 is 1.20 bits per heavy atom. The van der Waals surface area contributed by atoms with Gasteiger partial charge in [-0.25, -0.2) is 0 Å². The maximum atomic E-state index is 11.8. The molecule has 1 saturated heterocycles. The molecule has 20 heavy (non-hydrogen) atoms. The van der Waals surface area contributed by atoms with Gasteiger partial charge in [0.15, 0.2) is 0 Å². The van der Waals surface area contributed by atoms with Gasteiger partial charge in [0, 0.05) is 25.0 Å². The predicted octanol–water partition coefficient (Wildman–Crippen LogP) is 3.27. The minimum atomic E-state index is -0.133. The summed E-state index contributed by atoms with van der Waals surface area (Å²) in [6.45, 7) is 13.6. The highest BCUT2D eigenvalue weighted by molar-refractivity contribution is 5.60. The van der Waals surface area contributed by atoms with Crippen LogP contribution in [0.1, 0.15) is 60.3 Å². The van der Waals surface area contributed by atoms with Crippen molar-refractivity contribution in [1.29, 1.82) is 0 Å². The van der Waals surface area contributed by atoms with Gasteiger partial charge in [-0.2, -0.15) is 0 Å². The number of rotatable bonds is 3. The Labute approximate surface area is 124 Å². The first-order valence-corrected chi connectivity index (χ1v) is 8.04. The van der Waals surface area contributed by atoms with E-state index in [-0.39, 0.29) is 16.6 Å². The number of carbonyl (C=O) groups excluding carboxylic acids is 1. The Kier molecular flexibility index (Phi) is 4.32. The van der Waals surface area contributed by atoms with Crippen LogP contribution in [-0.2, 0) is 9.53 Å². The number of morpholine rings is 1. The number of hydrogen-bond acceptors (Lipinski definition) is 3. The number of carbonyl (C=O) groups is 1. The van der Waals surface area contributed by atoms with Crippen molar-refractivity contribution >= 4 is 6.29 Å². The number of hydrogen-bond donors (Lipinski definition) is 0. The van der Waals surface area contributed by atoms with E-state index in [4.69, 9.17) is 4.74 Å². The van der Waals surface area contributed by atoms with Gasteiger partial charge in [-0.05, 0) is 46.5 Å². The standard InChI is InChI=1S/C17H31NO2/c1-14-7-6-8-17(9-14,13-19)12-18-10-15(2,3)20-16(4,5)11-18/h13-14H,6-12H2,1-5H3. The highest BCUT2D eigenvalue weighted by Gasteiger charge is 2.42. The smallest absolute Gasteiger partial charge is 0.127 e. The monoisotopic (exact) mass is 281 g/mol. The van der Waals surface area contributed by atoms with Crippen LogP contribution >= 0.6 is 0 Å². The molecule has 0 amide bonds. The summed E-state index contributed by atoms with van der Waals surface area (Å²) in [5.41, 5.74) is -0.390. The van der Waals surface area contributed by atoms with E-state index < -0.39 is 0 Å². The second-order valence-electron chi connectivity index (χ2n) is 8.45. The number of ether oxygens (including phenoxy) is 1. The van der Waals surface area contributed by atoms with E-state index in [1.807, 2.05) is 0 Å². The zero-order valence-corrected chi connectivity index (χ0v) is 13.9. The van der Waals surface area contributed by atoms with E-state index in [9.17, 15) is 4.79 Å². The molecule has 1 saturated carbocycles. The molecule has 2 aliphatic rings. The molecule has 2 unspecified atom stereocenters. The van der Waals surface area contributed by atoms with E-state index in [0.29, 0.717) is 5.92 Å². The quantitative estimate of drug-likeness (QED) is 0.744. The molecule has 0 aromatic rings. The average Bonchev–Trinajstić information content (AvgIpc) is 2.24. The highest BCUT2D eigenvalue weighted by Crippen LogP contribution is 2.40. The molecule has 116 valence electrons. The first-order valence-electron chi connectivity index (χ1n) is 8.04. The van der Waals surface area contributed by atoms with Crippen LogP contribution in [0.3, 0.4) is 0 Å². The minimum Gasteiger partial charge on any atom is -0.367 e. The van der Waals surface area contributed by atoms with Crippen molar-refractivity contribution in [2.75, 3.05) is 19.6 Å². The summed E-state index contributed by atoms with van der Waals surface area (Å²) in [5.74, 6) is 0.677. The third kappa shape index (κ3) is 3.82. The summed E-state index contributed by atoms with van der Waals surface area (Å²) in [4.78, 5) is 14.2. The largest absolute Gasteiger partial charge is 0.367 e. The van der Waals surface area contributed by atoms with Crippen molar-refractivity contribution in [2.45, 2.75) is 71.5 Å². The molecule has 2 rings (SSSR count). The number of aldehydes is 1. The molecular weight excluding hydrogens is 250 g/mol. The summed E-state index contributed by atoms with van der Waals surface area (Å²) in [6, 6.07) is 0. The van der Waals surface area contributed by atoms with Crippen LogP contribution < -0.4 is 0 Å². The molecule has 0 bridgehead atoms. The summed E-state index contributed by atoms with van der Waals surface area (Å²) in [5, 5.41) is 0. The molecule has 0 N–H and O–H groups in total. The molecule has 1 aliphatic heterocycles. The van der Waals surface area contributed by atoms with E-state index in [0.717, 1.165) is 32.5 Å². The van der Waals surface area contributed by atoms with Gasteiger partial charge in [0.1, 0.15) is 6.29 Å². The van der Waals surface area contributed by atoms with Crippen molar-refractivity contribution in [3.05, 3.63) is 0 Å². The van der Waals surface area contributed by atoms with Crippen LogP contribution in [0.25, 0.3) is 0 Å². The fourth-order valence-corrected chi connectivity index (χ4v) is 4.49. The maximum absolute atomic E-state index is 11.8. The van der Waals surface area contributed by atoms with Crippen molar-refractivity contribution < 1.29 is 9.53 Å². The van der Waals surface area contributed by atoms with Gasteiger partial charge in [0.25, 0.3) is 0 Å². The number of nitrogens with zero attached hydrogens (tertiary/aromatic N) is 1. The molecule has 1 heterocycles. The molecule has 3 heteroatoms. The lowest BCUT2D eigenvalue weighted by Crippen LogP contribution is -2.59. The Morgan fingerprint density at radius 2 is 1.80 bits per heavy atom. The van der Waals surface area contributed by atoms with Gasteiger partial charge in [0.2, 0.25) is 0 Å². The van der Waals surface area contributed by atoms with Gasteiger partial charge in [-0.3, -0.25) is 4.90 Å². The lowest BCUT2D eigenvalue weighted by atomic mass is 9.70. The predicted molar refractivity (Wildman–Crippen MR) is 81.8 cm³/mol. The second-order valence-corrected chi connectivity index (χ2v) is 8.45. The Hall–Kier alpha value is -0.410. The zero-order chi connectivity index (χ0) is 15.0. The fraction of sp³-hybridized carbons (Fsp3) is 0.941. The zero-order valence-electron chi connectivity index (χ0n) is 13.9. The normalized spacial score (nSPS) is 37.5. The SMILES string of the molecule is CC1CCCC(C=O)(CN2CC(C)(C)OC(C)(C)C2)C1. The molecule has 0 aromatic heterocycles. The third-order valence-electron chi connectivity index (χ3n) is 4.68. The van der Waals surface area contributed by atoms with Crippen molar-refractivity contribution in [2.24, 2.45) is 11.3 Å². The summed E-state index contributed by atoms with van der Waals surface area (Å²) >= 11 is 0.